The van der Waals surface area contributed by atoms with Crippen LogP contribution in [-0.4, -0.2) is 27.4 Å². The number of aromatic carboxylic acids is 1. The minimum atomic E-state index is -0.932. The molecule has 2 heterocycles. The van der Waals surface area contributed by atoms with Gasteiger partial charge in [0.05, 0.1) is 22.6 Å². The number of aromatic nitrogens is 2. The van der Waals surface area contributed by atoms with E-state index in [-0.39, 0.29) is 5.56 Å². The molecule has 1 aliphatic rings. The molecule has 1 aromatic heterocycles. The lowest BCUT2D eigenvalue weighted by Crippen LogP contribution is -2.25. The first-order valence-corrected chi connectivity index (χ1v) is 8.41. The highest BCUT2D eigenvalue weighted by Gasteiger charge is 2.23. The smallest absolute Gasteiger partial charge is 0.337 e. The van der Waals surface area contributed by atoms with E-state index in [1.165, 1.54) is 11.1 Å². The van der Waals surface area contributed by atoms with Crippen LogP contribution in [0, 0.1) is 0 Å². The van der Waals surface area contributed by atoms with E-state index in [1.807, 2.05) is 35.0 Å². The first-order chi connectivity index (χ1) is 12.2. The number of nitrogens with zero attached hydrogens (tertiary/aromatic N) is 2. The summed E-state index contributed by atoms with van der Waals surface area (Å²) in [4.78, 5) is 11.6. The molecule has 3 aromatic rings. The third-order valence-corrected chi connectivity index (χ3v) is 4.59. The second-order valence-corrected chi connectivity index (χ2v) is 6.20. The first kappa shape index (κ1) is 15.6. The maximum Gasteiger partial charge on any atom is 0.337 e. The van der Waals surface area contributed by atoms with Gasteiger partial charge in [0.1, 0.15) is 0 Å². The van der Waals surface area contributed by atoms with Crippen LogP contribution in [0.5, 0.6) is 0 Å². The van der Waals surface area contributed by atoms with Crippen molar-refractivity contribution in [3.63, 3.8) is 0 Å². The fourth-order valence-electron chi connectivity index (χ4n) is 3.39. The van der Waals surface area contributed by atoms with Crippen LogP contribution in [0.1, 0.15) is 32.9 Å². The van der Waals surface area contributed by atoms with E-state index in [4.69, 9.17) is 5.10 Å². The van der Waals surface area contributed by atoms with E-state index in [0.717, 1.165) is 37.3 Å². The van der Waals surface area contributed by atoms with Crippen LogP contribution >= 0.6 is 0 Å². The van der Waals surface area contributed by atoms with Gasteiger partial charge < -0.3 is 10.4 Å². The van der Waals surface area contributed by atoms with Gasteiger partial charge in [-0.05, 0) is 17.7 Å². The van der Waals surface area contributed by atoms with Crippen LogP contribution in [0.4, 0.5) is 0 Å². The number of carboxylic acids is 1. The Kier molecular flexibility index (Phi) is 4.07. The lowest BCUT2D eigenvalue weighted by Gasteiger charge is -2.16. The van der Waals surface area contributed by atoms with Gasteiger partial charge in [-0.1, -0.05) is 42.5 Å². The molecule has 1 aliphatic heterocycles. The molecular weight excluding hydrogens is 314 g/mol. The number of rotatable bonds is 4. The van der Waals surface area contributed by atoms with E-state index < -0.39 is 5.97 Å². The van der Waals surface area contributed by atoms with Gasteiger partial charge in [-0.15, -0.1) is 0 Å². The van der Waals surface area contributed by atoms with Crippen molar-refractivity contribution in [2.24, 2.45) is 0 Å². The molecule has 0 amide bonds. The Morgan fingerprint density at radius 3 is 2.68 bits per heavy atom. The van der Waals surface area contributed by atoms with Crippen LogP contribution in [0.3, 0.4) is 0 Å². The molecule has 5 heteroatoms. The van der Waals surface area contributed by atoms with Crippen molar-refractivity contribution in [2.45, 2.75) is 19.4 Å². The molecule has 0 atom stereocenters. The Labute approximate surface area is 145 Å². The maximum absolute atomic E-state index is 11.6. The van der Waals surface area contributed by atoms with Gasteiger partial charge in [0, 0.05) is 31.5 Å². The maximum atomic E-state index is 11.6. The van der Waals surface area contributed by atoms with Crippen molar-refractivity contribution in [1.29, 1.82) is 0 Å². The highest BCUT2D eigenvalue weighted by atomic mass is 16.4. The Balaban J connectivity index is 1.83. The Morgan fingerprint density at radius 1 is 1.12 bits per heavy atom. The number of carbonyl (C=O) groups is 1. The second kappa shape index (κ2) is 6.53. The molecule has 0 fully saturated rings. The van der Waals surface area contributed by atoms with Crippen LogP contribution in [0.25, 0.3) is 5.69 Å². The lowest BCUT2D eigenvalue weighted by molar-refractivity contribution is 0.0696. The zero-order chi connectivity index (χ0) is 17.2. The van der Waals surface area contributed by atoms with Crippen molar-refractivity contribution in [3.8, 4) is 5.69 Å². The van der Waals surface area contributed by atoms with E-state index >= 15 is 0 Å². The first-order valence-electron chi connectivity index (χ1n) is 8.41. The average molecular weight is 333 g/mol. The predicted octanol–water partition coefficient (Wildman–Crippen LogP) is 2.81. The highest BCUT2D eigenvalue weighted by molar-refractivity contribution is 5.91. The van der Waals surface area contributed by atoms with Crippen molar-refractivity contribution >= 4 is 5.97 Å². The van der Waals surface area contributed by atoms with E-state index in [2.05, 4.69) is 17.4 Å². The molecule has 25 heavy (non-hydrogen) atoms. The van der Waals surface area contributed by atoms with Crippen molar-refractivity contribution in [3.05, 3.63) is 82.7 Å². The van der Waals surface area contributed by atoms with E-state index in [9.17, 15) is 9.90 Å². The summed E-state index contributed by atoms with van der Waals surface area (Å²) in [5.74, 6) is -0.932. The van der Waals surface area contributed by atoms with Gasteiger partial charge in [0.15, 0.2) is 0 Å². The fraction of sp³-hybridized carbons (Fsp3) is 0.200. The normalized spacial score (nSPS) is 13.4. The summed E-state index contributed by atoms with van der Waals surface area (Å²) in [6.45, 7) is 1.64. The number of fused-ring (bicyclic) bond motifs is 1. The fourth-order valence-corrected chi connectivity index (χ4v) is 3.39. The number of para-hydroxylation sites is 1. The largest absolute Gasteiger partial charge is 0.478 e. The van der Waals surface area contributed by atoms with Gasteiger partial charge in [0.2, 0.25) is 0 Å². The standard InChI is InChI=1S/C20H19N3O2/c24-20(25)15-8-4-5-9-18(15)23-19-10-11-21-13-16(19)17(22-23)12-14-6-2-1-3-7-14/h1-9,21H,10-13H2,(H,24,25). The van der Waals surface area contributed by atoms with Crippen LogP contribution in [-0.2, 0) is 19.4 Å². The van der Waals surface area contributed by atoms with Crippen LogP contribution < -0.4 is 5.32 Å². The molecule has 4 rings (SSSR count). The summed E-state index contributed by atoms with van der Waals surface area (Å²) in [5.41, 5.74) is 5.42. The summed E-state index contributed by atoms with van der Waals surface area (Å²) >= 11 is 0. The molecule has 2 N–H and O–H groups in total. The topological polar surface area (TPSA) is 67.1 Å². The Morgan fingerprint density at radius 2 is 1.88 bits per heavy atom. The number of carboxylic acid groups (broad SMARTS) is 1. The molecule has 0 bridgehead atoms. The molecular formula is C20H19N3O2. The summed E-state index contributed by atoms with van der Waals surface area (Å²) < 4.78 is 1.83. The van der Waals surface area contributed by atoms with Crippen molar-refractivity contribution in [2.75, 3.05) is 6.54 Å². The average Bonchev–Trinajstić information content (AvgIpc) is 3.01. The Hall–Kier alpha value is -2.92. The zero-order valence-corrected chi connectivity index (χ0v) is 13.8. The number of nitrogens with one attached hydrogen (secondary N) is 1. The summed E-state index contributed by atoms with van der Waals surface area (Å²) in [6.07, 6.45) is 1.58. The van der Waals surface area contributed by atoms with Crippen molar-refractivity contribution < 1.29 is 9.90 Å². The molecule has 0 radical (unpaired) electrons. The quantitative estimate of drug-likeness (QED) is 0.770. The summed E-state index contributed by atoms with van der Waals surface area (Å²) in [6, 6.07) is 17.3. The molecule has 0 unspecified atom stereocenters. The van der Waals surface area contributed by atoms with Gasteiger partial charge in [0.25, 0.3) is 0 Å². The summed E-state index contributed by atoms with van der Waals surface area (Å²) in [5, 5.41) is 17.7. The minimum Gasteiger partial charge on any atom is -0.478 e. The zero-order valence-electron chi connectivity index (χ0n) is 13.8. The molecule has 0 saturated heterocycles. The second-order valence-electron chi connectivity index (χ2n) is 6.20. The highest BCUT2D eigenvalue weighted by Crippen LogP contribution is 2.25. The number of benzene rings is 2. The van der Waals surface area contributed by atoms with E-state index in [1.54, 1.807) is 12.1 Å². The van der Waals surface area contributed by atoms with Crippen LogP contribution in [0.2, 0.25) is 0 Å². The lowest BCUT2D eigenvalue weighted by atomic mass is 10.0. The molecule has 0 aliphatic carbocycles. The van der Waals surface area contributed by atoms with Gasteiger partial charge >= 0.3 is 5.97 Å². The van der Waals surface area contributed by atoms with Crippen LogP contribution in [0.15, 0.2) is 54.6 Å². The SMILES string of the molecule is O=C(O)c1ccccc1-n1nc(Cc2ccccc2)c2c1CCNC2. The molecule has 5 nitrogen and oxygen atoms in total. The van der Waals surface area contributed by atoms with Gasteiger partial charge in [-0.3, -0.25) is 0 Å². The predicted molar refractivity (Wildman–Crippen MR) is 95.2 cm³/mol. The number of hydrogen-bond acceptors (Lipinski definition) is 3. The molecule has 0 spiro atoms. The summed E-state index contributed by atoms with van der Waals surface area (Å²) in [7, 11) is 0. The molecule has 126 valence electrons. The molecule has 0 saturated carbocycles. The third kappa shape index (κ3) is 2.94. The van der Waals surface area contributed by atoms with Gasteiger partial charge in [-0.25, -0.2) is 9.48 Å². The minimum absolute atomic E-state index is 0.276. The monoisotopic (exact) mass is 333 g/mol. The van der Waals surface area contributed by atoms with Gasteiger partial charge in [-0.2, -0.15) is 5.10 Å². The van der Waals surface area contributed by atoms with Crippen molar-refractivity contribution in [1.82, 2.24) is 15.1 Å². The van der Waals surface area contributed by atoms with E-state index in [0.29, 0.717) is 5.69 Å². The third-order valence-electron chi connectivity index (χ3n) is 4.59. The molecule has 2 aromatic carbocycles. The Bertz CT molecular complexity index is 916. The number of hydrogen-bond donors (Lipinski definition) is 2.